The van der Waals surface area contributed by atoms with Crippen LogP contribution in [-0.2, 0) is 4.74 Å². The SMILES string of the molecule is COC(=O)c1sc(-c2ccc(C)o2)c(C(C)C)c1N. The Labute approximate surface area is 116 Å². The van der Waals surface area contributed by atoms with E-state index in [1.165, 1.54) is 18.4 Å². The van der Waals surface area contributed by atoms with E-state index in [0.29, 0.717) is 10.6 Å². The molecule has 0 aliphatic heterocycles. The van der Waals surface area contributed by atoms with E-state index in [0.717, 1.165) is 22.0 Å². The van der Waals surface area contributed by atoms with E-state index in [1.807, 2.05) is 32.9 Å². The van der Waals surface area contributed by atoms with Crippen LogP contribution in [0, 0.1) is 6.92 Å². The smallest absolute Gasteiger partial charge is 0.350 e. The van der Waals surface area contributed by atoms with E-state index < -0.39 is 5.97 Å². The molecule has 2 aromatic heterocycles. The highest BCUT2D eigenvalue weighted by atomic mass is 32.1. The summed E-state index contributed by atoms with van der Waals surface area (Å²) in [5.74, 6) is 1.37. The molecule has 19 heavy (non-hydrogen) atoms. The van der Waals surface area contributed by atoms with Crippen molar-refractivity contribution in [2.24, 2.45) is 0 Å². The van der Waals surface area contributed by atoms with Gasteiger partial charge >= 0.3 is 5.97 Å². The fraction of sp³-hybridized carbons (Fsp3) is 0.357. The van der Waals surface area contributed by atoms with Gasteiger partial charge in [-0.2, -0.15) is 0 Å². The molecule has 2 N–H and O–H groups in total. The van der Waals surface area contributed by atoms with E-state index in [4.69, 9.17) is 14.9 Å². The number of thiophene rings is 1. The van der Waals surface area contributed by atoms with Gasteiger partial charge in [0, 0.05) is 5.56 Å². The Morgan fingerprint density at radius 1 is 1.42 bits per heavy atom. The minimum absolute atomic E-state index is 0.204. The van der Waals surface area contributed by atoms with Gasteiger partial charge < -0.3 is 14.9 Å². The van der Waals surface area contributed by atoms with Crippen LogP contribution in [0.2, 0.25) is 0 Å². The number of hydrogen-bond acceptors (Lipinski definition) is 5. The Hall–Kier alpha value is -1.75. The summed E-state index contributed by atoms with van der Waals surface area (Å²) in [5, 5.41) is 0. The zero-order valence-corrected chi connectivity index (χ0v) is 12.3. The van der Waals surface area contributed by atoms with Crippen molar-refractivity contribution in [3.05, 3.63) is 28.3 Å². The molecule has 2 heterocycles. The average Bonchev–Trinajstić information content (AvgIpc) is 2.92. The minimum Gasteiger partial charge on any atom is -0.465 e. The second-order valence-electron chi connectivity index (χ2n) is 4.64. The number of rotatable bonds is 3. The molecule has 0 amide bonds. The number of carbonyl (C=O) groups is 1. The van der Waals surface area contributed by atoms with Crippen LogP contribution in [0.15, 0.2) is 16.5 Å². The largest absolute Gasteiger partial charge is 0.465 e. The highest BCUT2D eigenvalue weighted by Gasteiger charge is 2.25. The van der Waals surface area contributed by atoms with Gasteiger partial charge in [0.2, 0.25) is 0 Å². The van der Waals surface area contributed by atoms with Crippen LogP contribution in [0.4, 0.5) is 5.69 Å². The molecule has 0 saturated heterocycles. The summed E-state index contributed by atoms with van der Waals surface area (Å²) in [6.45, 7) is 5.97. The predicted octanol–water partition coefficient (Wildman–Crippen LogP) is 3.81. The van der Waals surface area contributed by atoms with Crippen molar-refractivity contribution in [2.45, 2.75) is 26.7 Å². The summed E-state index contributed by atoms with van der Waals surface area (Å²) in [6.07, 6.45) is 0. The molecule has 102 valence electrons. The monoisotopic (exact) mass is 279 g/mol. The lowest BCUT2D eigenvalue weighted by Crippen LogP contribution is -2.03. The molecule has 0 aliphatic carbocycles. The van der Waals surface area contributed by atoms with Gasteiger partial charge in [-0.25, -0.2) is 4.79 Å². The van der Waals surface area contributed by atoms with Gasteiger partial charge in [-0.05, 0) is 25.0 Å². The van der Waals surface area contributed by atoms with Crippen LogP contribution < -0.4 is 5.73 Å². The summed E-state index contributed by atoms with van der Waals surface area (Å²) >= 11 is 1.32. The Balaban J connectivity index is 2.63. The predicted molar refractivity (Wildman–Crippen MR) is 76.6 cm³/mol. The van der Waals surface area contributed by atoms with Crippen molar-refractivity contribution < 1.29 is 13.9 Å². The summed E-state index contributed by atoms with van der Waals surface area (Å²) in [6, 6.07) is 3.79. The van der Waals surface area contributed by atoms with E-state index >= 15 is 0 Å². The number of esters is 1. The molecule has 0 spiro atoms. The molecule has 0 fully saturated rings. The molecular formula is C14H17NO3S. The van der Waals surface area contributed by atoms with Crippen LogP contribution in [0.1, 0.15) is 40.8 Å². The van der Waals surface area contributed by atoms with Gasteiger partial charge in [-0.15, -0.1) is 11.3 Å². The first-order valence-corrected chi connectivity index (χ1v) is 6.84. The molecular weight excluding hydrogens is 262 g/mol. The molecule has 0 aliphatic rings. The Morgan fingerprint density at radius 2 is 2.11 bits per heavy atom. The minimum atomic E-state index is -0.404. The van der Waals surface area contributed by atoms with Crippen LogP contribution >= 0.6 is 11.3 Å². The van der Waals surface area contributed by atoms with Crippen molar-refractivity contribution in [2.75, 3.05) is 12.8 Å². The number of nitrogen functional groups attached to an aromatic ring is 1. The summed E-state index contributed by atoms with van der Waals surface area (Å²) in [7, 11) is 1.35. The average molecular weight is 279 g/mol. The number of anilines is 1. The van der Waals surface area contributed by atoms with Gasteiger partial charge in [0.15, 0.2) is 0 Å². The third-order valence-electron chi connectivity index (χ3n) is 2.90. The maximum atomic E-state index is 11.7. The molecule has 0 bridgehead atoms. The van der Waals surface area contributed by atoms with E-state index in [2.05, 4.69) is 0 Å². The van der Waals surface area contributed by atoms with Crippen molar-refractivity contribution in [3.63, 3.8) is 0 Å². The molecule has 2 rings (SSSR count). The second kappa shape index (κ2) is 5.09. The van der Waals surface area contributed by atoms with Crippen molar-refractivity contribution in [3.8, 4) is 10.6 Å². The lowest BCUT2D eigenvalue weighted by atomic mass is 10.0. The first kappa shape index (κ1) is 13.7. The molecule has 0 saturated carbocycles. The zero-order valence-electron chi connectivity index (χ0n) is 11.4. The standard InChI is InChI=1S/C14H17NO3S/c1-7(2)10-11(15)13(14(16)17-4)19-12(10)9-6-5-8(3)18-9/h5-7H,15H2,1-4H3. The van der Waals surface area contributed by atoms with E-state index in [9.17, 15) is 4.79 Å². The normalized spacial score (nSPS) is 11.0. The topological polar surface area (TPSA) is 65.5 Å². The molecule has 0 atom stereocenters. The number of nitrogens with two attached hydrogens (primary N) is 1. The second-order valence-corrected chi connectivity index (χ2v) is 5.66. The molecule has 4 nitrogen and oxygen atoms in total. The molecule has 2 aromatic rings. The van der Waals surface area contributed by atoms with Crippen molar-refractivity contribution >= 4 is 23.0 Å². The fourth-order valence-corrected chi connectivity index (χ4v) is 3.27. The lowest BCUT2D eigenvalue weighted by molar-refractivity contribution is 0.0607. The summed E-state index contributed by atoms with van der Waals surface area (Å²) in [4.78, 5) is 13.1. The quantitative estimate of drug-likeness (QED) is 0.868. The van der Waals surface area contributed by atoms with Gasteiger partial charge in [0.25, 0.3) is 0 Å². The maximum Gasteiger partial charge on any atom is 0.350 e. The highest BCUT2D eigenvalue weighted by molar-refractivity contribution is 7.18. The number of furan rings is 1. The molecule has 0 aromatic carbocycles. The van der Waals surface area contributed by atoms with Gasteiger partial charge in [-0.3, -0.25) is 0 Å². The molecule has 0 radical (unpaired) electrons. The van der Waals surface area contributed by atoms with Crippen molar-refractivity contribution in [1.29, 1.82) is 0 Å². The van der Waals surface area contributed by atoms with Crippen LogP contribution in [-0.4, -0.2) is 13.1 Å². The third kappa shape index (κ3) is 2.38. The van der Waals surface area contributed by atoms with Crippen LogP contribution in [0.3, 0.4) is 0 Å². The van der Waals surface area contributed by atoms with Crippen molar-refractivity contribution in [1.82, 2.24) is 0 Å². The van der Waals surface area contributed by atoms with Gasteiger partial charge in [0.05, 0.1) is 17.7 Å². The summed E-state index contributed by atoms with van der Waals surface area (Å²) in [5.41, 5.74) is 7.53. The van der Waals surface area contributed by atoms with Gasteiger partial charge in [-0.1, -0.05) is 13.8 Å². The first-order chi connectivity index (χ1) is 8.95. The Kier molecular flexibility index (Phi) is 3.66. The maximum absolute atomic E-state index is 11.7. The highest BCUT2D eigenvalue weighted by Crippen LogP contribution is 2.43. The first-order valence-electron chi connectivity index (χ1n) is 6.03. The van der Waals surface area contributed by atoms with Crippen LogP contribution in [0.5, 0.6) is 0 Å². The van der Waals surface area contributed by atoms with Gasteiger partial charge in [0.1, 0.15) is 16.4 Å². The summed E-state index contributed by atoms with van der Waals surface area (Å²) < 4.78 is 10.4. The lowest BCUT2D eigenvalue weighted by Gasteiger charge is -2.07. The third-order valence-corrected chi connectivity index (χ3v) is 4.11. The van der Waals surface area contributed by atoms with E-state index in [-0.39, 0.29) is 5.92 Å². The number of hydrogen-bond donors (Lipinski definition) is 1. The number of methoxy groups -OCH3 is 1. The Bertz CT molecular complexity index is 610. The van der Waals surface area contributed by atoms with Crippen LogP contribution in [0.25, 0.3) is 10.6 Å². The molecule has 5 heteroatoms. The fourth-order valence-electron chi connectivity index (χ4n) is 2.01. The number of ether oxygens (including phenoxy) is 1. The number of aryl methyl sites for hydroxylation is 1. The zero-order chi connectivity index (χ0) is 14.2. The number of carbonyl (C=O) groups excluding carboxylic acids is 1. The van der Waals surface area contributed by atoms with E-state index in [1.54, 1.807) is 0 Å². The molecule has 0 unspecified atom stereocenters. The Morgan fingerprint density at radius 3 is 2.58 bits per heavy atom.